The first-order valence-electron chi connectivity index (χ1n) is 7.49. The first-order valence-corrected chi connectivity index (χ1v) is 7.49. The molecule has 1 amide bonds. The molecule has 1 atom stereocenters. The summed E-state index contributed by atoms with van der Waals surface area (Å²) in [5.41, 5.74) is -0.00153. The fourth-order valence-corrected chi connectivity index (χ4v) is 2.49. The third kappa shape index (κ3) is 2.94. The topological polar surface area (TPSA) is 92.0 Å². The molecule has 0 aromatic carbocycles. The predicted octanol–water partition coefficient (Wildman–Crippen LogP) is 1.02. The molecule has 1 aliphatic carbocycles. The van der Waals surface area contributed by atoms with Crippen molar-refractivity contribution in [3.63, 3.8) is 0 Å². The number of carbonyl (C=O) groups excluding carboxylic acids is 1. The zero-order chi connectivity index (χ0) is 16.6. The molecule has 2 heterocycles. The summed E-state index contributed by atoms with van der Waals surface area (Å²) in [6, 6.07) is 5.14. The summed E-state index contributed by atoms with van der Waals surface area (Å²) in [5.74, 6) is -2.09. The quantitative estimate of drug-likeness (QED) is 0.889. The standard InChI is InChI=1S/C16H17N3O4/c1-10(16(22)23)9-19(11-5-6-11)15(21)12-8-17-13-4-2-3-7-18(13)14(12)20/h2-4,7-8,10-11H,5-6,9H2,1H3,(H,22,23). The van der Waals surface area contributed by atoms with Crippen molar-refractivity contribution in [2.24, 2.45) is 5.92 Å². The van der Waals surface area contributed by atoms with Crippen LogP contribution in [-0.4, -0.2) is 43.9 Å². The zero-order valence-corrected chi connectivity index (χ0v) is 12.7. The lowest BCUT2D eigenvalue weighted by atomic mass is 10.1. The number of rotatable bonds is 5. The third-order valence-electron chi connectivity index (χ3n) is 3.98. The van der Waals surface area contributed by atoms with Gasteiger partial charge in [-0.15, -0.1) is 0 Å². The van der Waals surface area contributed by atoms with Gasteiger partial charge < -0.3 is 10.0 Å². The second-order valence-electron chi connectivity index (χ2n) is 5.83. The van der Waals surface area contributed by atoms with Crippen molar-refractivity contribution >= 4 is 17.5 Å². The summed E-state index contributed by atoms with van der Waals surface area (Å²) in [5, 5.41) is 9.07. The number of nitrogens with zero attached hydrogens (tertiary/aromatic N) is 3. The molecular formula is C16H17N3O4. The first-order chi connectivity index (χ1) is 11.0. The van der Waals surface area contributed by atoms with Crippen molar-refractivity contribution in [2.75, 3.05) is 6.54 Å². The van der Waals surface area contributed by atoms with Gasteiger partial charge in [-0.2, -0.15) is 0 Å². The van der Waals surface area contributed by atoms with Crippen molar-refractivity contribution in [1.82, 2.24) is 14.3 Å². The largest absolute Gasteiger partial charge is 0.481 e. The van der Waals surface area contributed by atoms with Gasteiger partial charge in [0.15, 0.2) is 0 Å². The second-order valence-corrected chi connectivity index (χ2v) is 5.83. The molecule has 3 rings (SSSR count). The van der Waals surface area contributed by atoms with E-state index >= 15 is 0 Å². The first kappa shape index (κ1) is 15.2. The molecule has 0 bridgehead atoms. The van der Waals surface area contributed by atoms with Gasteiger partial charge >= 0.3 is 5.97 Å². The number of aromatic nitrogens is 2. The number of aliphatic carboxylic acids is 1. The zero-order valence-electron chi connectivity index (χ0n) is 12.7. The highest BCUT2D eigenvalue weighted by molar-refractivity contribution is 5.94. The van der Waals surface area contributed by atoms with Crippen LogP contribution in [0.15, 0.2) is 35.4 Å². The van der Waals surface area contributed by atoms with E-state index in [0.717, 1.165) is 12.8 Å². The number of carbonyl (C=O) groups is 2. The van der Waals surface area contributed by atoms with Gasteiger partial charge in [0.2, 0.25) is 0 Å². The molecule has 2 aromatic heterocycles. The smallest absolute Gasteiger partial charge is 0.308 e. The van der Waals surface area contributed by atoms with Crippen molar-refractivity contribution in [3.05, 3.63) is 46.5 Å². The van der Waals surface area contributed by atoms with Gasteiger partial charge in [-0.25, -0.2) is 4.98 Å². The molecule has 23 heavy (non-hydrogen) atoms. The van der Waals surface area contributed by atoms with Gasteiger partial charge in [0, 0.05) is 25.0 Å². The molecule has 1 aliphatic rings. The Labute approximate surface area is 132 Å². The highest BCUT2D eigenvalue weighted by Gasteiger charge is 2.36. The monoisotopic (exact) mass is 315 g/mol. The maximum absolute atomic E-state index is 12.7. The van der Waals surface area contributed by atoms with Crippen molar-refractivity contribution in [3.8, 4) is 0 Å². The molecule has 1 unspecified atom stereocenters. The van der Waals surface area contributed by atoms with Gasteiger partial charge in [-0.05, 0) is 25.0 Å². The lowest BCUT2D eigenvalue weighted by Crippen LogP contribution is -2.41. The van der Waals surface area contributed by atoms with E-state index in [-0.39, 0.29) is 18.2 Å². The fraction of sp³-hybridized carbons (Fsp3) is 0.375. The Bertz CT molecular complexity index is 825. The average Bonchev–Trinajstić information content (AvgIpc) is 3.37. The van der Waals surface area contributed by atoms with Crippen molar-refractivity contribution in [1.29, 1.82) is 0 Å². The highest BCUT2D eigenvalue weighted by atomic mass is 16.4. The van der Waals surface area contributed by atoms with Crippen molar-refractivity contribution < 1.29 is 14.7 Å². The van der Waals surface area contributed by atoms with Gasteiger partial charge in [-0.1, -0.05) is 13.0 Å². The number of hydrogen-bond donors (Lipinski definition) is 1. The molecule has 2 aromatic rings. The molecule has 0 saturated heterocycles. The van der Waals surface area contributed by atoms with Gasteiger partial charge in [0.1, 0.15) is 11.2 Å². The maximum atomic E-state index is 12.7. The van der Waals surface area contributed by atoms with Crippen LogP contribution in [0.4, 0.5) is 0 Å². The Morgan fingerprint density at radius 2 is 2.17 bits per heavy atom. The molecule has 0 spiro atoms. The fourth-order valence-electron chi connectivity index (χ4n) is 2.49. The van der Waals surface area contributed by atoms with Gasteiger partial charge in [-0.3, -0.25) is 18.8 Å². The van der Waals surface area contributed by atoms with E-state index in [1.165, 1.54) is 15.5 Å². The molecule has 1 fully saturated rings. The summed E-state index contributed by atoms with van der Waals surface area (Å²) in [4.78, 5) is 41.9. The lowest BCUT2D eigenvalue weighted by molar-refractivity contribution is -0.141. The molecule has 0 radical (unpaired) electrons. The molecule has 7 heteroatoms. The second kappa shape index (κ2) is 5.83. The maximum Gasteiger partial charge on any atom is 0.308 e. The molecule has 1 saturated carbocycles. The number of hydrogen-bond acceptors (Lipinski definition) is 4. The summed E-state index contributed by atoms with van der Waals surface area (Å²) in [6.45, 7) is 1.65. The van der Waals surface area contributed by atoms with Crippen LogP contribution in [0.2, 0.25) is 0 Å². The molecule has 7 nitrogen and oxygen atoms in total. The number of fused-ring (bicyclic) bond motifs is 1. The van der Waals surface area contributed by atoms with Gasteiger partial charge in [0.05, 0.1) is 5.92 Å². The average molecular weight is 315 g/mol. The van der Waals surface area contributed by atoms with E-state index in [0.29, 0.717) is 5.65 Å². The Morgan fingerprint density at radius 1 is 1.43 bits per heavy atom. The Hall–Kier alpha value is -2.70. The Morgan fingerprint density at radius 3 is 2.83 bits per heavy atom. The third-order valence-corrected chi connectivity index (χ3v) is 3.98. The molecule has 0 aliphatic heterocycles. The van der Waals surface area contributed by atoms with Crippen LogP contribution < -0.4 is 5.56 Å². The van der Waals surface area contributed by atoms with Crippen molar-refractivity contribution in [2.45, 2.75) is 25.8 Å². The van der Waals surface area contributed by atoms with E-state index in [4.69, 9.17) is 5.11 Å². The van der Waals surface area contributed by atoms with Crippen LogP contribution >= 0.6 is 0 Å². The lowest BCUT2D eigenvalue weighted by Gasteiger charge is -2.24. The minimum atomic E-state index is -0.961. The Kier molecular flexibility index (Phi) is 3.85. The van der Waals surface area contributed by atoms with Crippen LogP contribution in [0.1, 0.15) is 30.1 Å². The summed E-state index contributed by atoms with van der Waals surface area (Å²) in [6.07, 6.45) is 4.50. The van der Waals surface area contributed by atoms with Crippen LogP contribution in [-0.2, 0) is 4.79 Å². The normalized spacial score (nSPS) is 15.3. The van der Waals surface area contributed by atoms with Gasteiger partial charge in [0.25, 0.3) is 11.5 Å². The summed E-state index contributed by atoms with van der Waals surface area (Å²) < 4.78 is 1.32. The molecule has 1 N–H and O–H groups in total. The highest BCUT2D eigenvalue weighted by Crippen LogP contribution is 2.28. The van der Waals surface area contributed by atoms with E-state index in [1.807, 2.05) is 0 Å². The number of pyridine rings is 1. The van der Waals surface area contributed by atoms with E-state index < -0.39 is 23.4 Å². The minimum Gasteiger partial charge on any atom is -0.481 e. The molecule has 120 valence electrons. The number of carboxylic acids is 1. The minimum absolute atomic E-state index is 0.0140. The number of amides is 1. The molecular weight excluding hydrogens is 298 g/mol. The van der Waals surface area contributed by atoms with Crippen LogP contribution in [0.3, 0.4) is 0 Å². The van der Waals surface area contributed by atoms with E-state index in [2.05, 4.69) is 4.98 Å². The number of carboxylic acid groups (broad SMARTS) is 1. The summed E-state index contributed by atoms with van der Waals surface area (Å²) >= 11 is 0. The van der Waals surface area contributed by atoms with E-state index in [1.54, 1.807) is 31.3 Å². The Balaban J connectivity index is 1.96. The van der Waals surface area contributed by atoms with Crippen LogP contribution in [0.5, 0.6) is 0 Å². The predicted molar refractivity (Wildman–Crippen MR) is 82.3 cm³/mol. The van der Waals surface area contributed by atoms with E-state index in [9.17, 15) is 14.4 Å². The van der Waals surface area contributed by atoms with Crippen LogP contribution in [0, 0.1) is 5.92 Å². The summed E-state index contributed by atoms with van der Waals surface area (Å²) in [7, 11) is 0. The van der Waals surface area contributed by atoms with Crippen LogP contribution in [0.25, 0.3) is 5.65 Å². The SMILES string of the molecule is CC(CN(C(=O)c1cnc2ccccn2c1=O)C1CC1)C(=O)O.